The summed E-state index contributed by atoms with van der Waals surface area (Å²) in [7, 11) is -9.76. The molecule has 0 amide bonds. The molecule has 0 aliphatic rings. The molecule has 328 valence electrons. The highest BCUT2D eigenvalue weighted by Gasteiger charge is 2.28. The van der Waals surface area contributed by atoms with Crippen molar-refractivity contribution in [2.45, 2.75) is 142 Å². The number of esters is 2. The standard InChI is InChI=1S/C41H70O14P2/c1-4-5-6-7-8-9-10-11-12-13-14-15-16-19-22-25-28-37(42)30-31-41(45)55-39(35-54-57(49,50)53-33-38(43)32-52-56(46,47)48)34-51-40(44)29-26-23-20-17-18-21-24-27-36(2)3/h5-6,8-9,11-12,14-15,19,22,25,28,36-39,42-43H,4,7,10,13,16-18,20-21,23-24,26-27,29-35H2,1-3H3,(H,49,50)(H2,46,47,48)/b6-5-,9-8-,12-11-,15-14-,22-19-,28-25-/t37?,38-,39+/m0/s1. The van der Waals surface area contributed by atoms with Crippen molar-refractivity contribution in [1.82, 2.24) is 0 Å². The van der Waals surface area contributed by atoms with Crippen LogP contribution in [0.15, 0.2) is 72.9 Å². The summed E-state index contributed by atoms with van der Waals surface area (Å²) in [5.74, 6) is -0.618. The molecule has 0 aliphatic carbocycles. The van der Waals surface area contributed by atoms with E-state index in [0.717, 1.165) is 51.4 Å². The zero-order valence-corrected chi connectivity index (χ0v) is 36.0. The summed E-state index contributed by atoms with van der Waals surface area (Å²) in [6.45, 7) is 3.56. The molecule has 57 heavy (non-hydrogen) atoms. The number of carbonyl (C=O) groups is 2. The first-order valence-corrected chi connectivity index (χ1v) is 23.1. The second kappa shape index (κ2) is 35.5. The van der Waals surface area contributed by atoms with Crippen LogP contribution in [0.2, 0.25) is 0 Å². The normalized spacial score (nSPS) is 15.5. The van der Waals surface area contributed by atoms with Gasteiger partial charge in [-0.15, -0.1) is 0 Å². The summed E-state index contributed by atoms with van der Waals surface area (Å²) in [6.07, 6.45) is 32.7. The molecular formula is C41H70O14P2. The summed E-state index contributed by atoms with van der Waals surface area (Å²) in [6, 6.07) is 0. The second-order valence-electron chi connectivity index (χ2n) is 13.9. The molecule has 2 unspecified atom stereocenters. The van der Waals surface area contributed by atoms with E-state index < -0.39 is 72.3 Å². The number of hydrogen-bond donors (Lipinski definition) is 5. The Kier molecular flexibility index (Phi) is 33.9. The van der Waals surface area contributed by atoms with Crippen LogP contribution in [0.1, 0.15) is 124 Å². The molecule has 0 spiro atoms. The predicted octanol–water partition coefficient (Wildman–Crippen LogP) is 8.66. The summed E-state index contributed by atoms with van der Waals surface area (Å²) in [5, 5.41) is 20.0. The average Bonchev–Trinajstić information content (AvgIpc) is 3.15. The zero-order chi connectivity index (χ0) is 42.6. The van der Waals surface area contributed by atoms with Crippen LogP contribution in [0, 0.1) is 5.92 Å². The molecule has 0 aromatic carbocycles. The van der Waals surface area contributed by atoms with Crippen molar-refractivity contribution in [2.24, 2.45) is 5.92 Å². The molecule has 14 nitrogen and oxygen atoms in total. The average molecular weight is 849 g/mol. The minimum absolute atomic E-state index is 0.0152. The van der Waals surface area contributed by atoms with Crippen LogP contribution in [0.25, 0.3) is 0 Å². The highest BCUT2D eigenvalue weighted by molar-refractivity contribution is 7.47. The lowest BCUT2D eigenvalue weighted by Crippen LogP contribution is -2.30. The van der Waals surface area contributed by atoms with E-state index in [0.29, 0.717) is 18.8 Å². The maximum absolute atomic E-state index is 12.6. The van der Waals surface area contributed by atoms with Crippen molar-refractivity contribution in [3.8, 4) is 0 Å². The minimum Gasteiger partial charge on any atom is -0.462 e. The number of phosphoric acid groups is 2. The molecule has 0 rings (SSSR count). The molecule has 0 radical (unpaired) electrons. The summed E-state index contributed by atoms with van der Waals surface area (Å²) in [4.78, 5) is 52.5. The number of aliphatic hydroxyl groups excluding tert-OH is 2. The molecule has 4 atom stereocenters. The summed E-state index contributed by atoms with van der Waals surface area (Å²) in [5.41, 5.74) is 0. The predicted molar refractivity (Wildman–Crippen MR) is 222 cm³/mol. The van der Waals surface area contributed by atoms with Crippen LogP contribution in [-0.2, 0) is 41.8 Å². The minimum atomic E-state index is -4.89. The van der Waals surface area contributed by atoms with Crippen LogP contribution >= 0.6 is 15.6 Å². The fourth-order valence-corrected chi connectivity index (χ4v) is 5.97. The van der Waals surface area contributed by atoms with Crippen LogP contribution in [-0.4, -0.2) is 81.6 Å². The van der Waals surface area contributed by atoms with Gasteiger partial charge in [0.1, 0.15) is 12.7 Å². The third kappa shape index (κ3) is 40.1. The number of ether oxygens (including phenoxy) is 2. The van der Waals surface area contributed by atoms with Crippen LogP contribution in [0.4, 0.5) is 0 Å². The quantitative estimate of drug-likeness (QED) is 0.0131. The first-order chi connectivity index (χ1) is 27.1. The van der Waals surface area contributed by atoms with E-state index in [9.17, 15) is 33.8 Å². The fraction of sp³-hybridized carbons (Fsp3) is 0.659. The van der Waals surface area contributed by atoms with Crippen molar-refractivity contribution in [1.29, 1.82) is 0 Å². The Balaban J connectivity index is 4.81. The van der Waals surface area contributed by atoms with Gasteiger partial charge in [0.2, 0.25) is 0 Å². The van der Waals surface area contributed by atoms with E-state index in [2.05, 4.69) is 72.4 Å². The number of unbranched alkanes of at least 4 members (excludes halogenated alkanes) is 6. The van der Waals surface area contributed by atoms with Crippen LogP contribution < -0.4 is 0 Å². The highest BCUT2D eigenvalue weighted by Crippen LogP contribution is 2.43. The second-order valence-corrected chi connectivity index (χ2v) is 16.6. The molecule has 16 heteroatoms. The number of rotatable bonds is 36. The molecule has 0 fully saturated rings. The van der Waals surface area contributed by atoms with Gasteiger partial charge in [-0.3, -0.25) is 23.2 Å². The Morgan fingerprint density at radius 2 is 1.12 bits per heavy atom. The number of allylic oxidation sites excluding steroid dienone is 11. The van der Waals surface area contributed by atoms with E-state index in [1.165, 1.54) is 25.3 Å². The van der Waals surface area contributed by atoms with Crippen molar-refractivity contribution in [3.05, 3.63) is 72.9 Å². The van der Waals surface area contributed by atoms with Gasteiger partial charge < -0.3 is 34.4 Å². The molecule has 0 aromatic heterocycles. The molecule has 0 aliphatic heterocycles. The smallest absolute Gasteiger partial charge is 0.462 e. The third-order valence-corrected chi connectivity index (χ3v) is 9.33. The van der Waals surface area contributed by atoms with Gasteiger partial charge >= 0.3 is 27.6 Å². The van der Waals surface area contributed by atoms with Crippen molar-refractivity contribution >= 4 is 27.6 Å². The molecule has 0 saturated carbocycles. The maximum atomic E-state index is 12.6. The topological polar surface area (TPSA) is 216 Å². The molecule has 0 bridgehead atoms. The van der Waals surface area contributed by atoms with Gasteiger partial charge in [0, 0.05) is 12.8 Å². The molecule has 5 N–H and O–H groups in total. The lowest BCUT2D eigenvalue weighted by atomic mass is 10.0. The first kappa shape index (κ1) is 54.5. The number of hydrogen-bond acceptors (Lipinski definition) is 11. The molecule has 0 saturated heterocycles. The van der Waals surface area contributed by atoms with Crippen LogP contribution in [0.5, 0.6) is 0 Å². The van der Waals surface area contributed by atoms with E-state index in [1.807, 2.05) is 12.2 Å². The monoisotopic (exact) mass is 848 g/mol. The fourth-order valence-electron chi connectivity index (χ4n) is 4.82. The number of aliphatic hydroxyl groups is 2. The van der Waals surface area contributed by atoms with Crippen molar-refractivity contribution in [2.75, 3.05) is 26.4 Å². The number of carbonyl (C=O) groups excluding carboxylic acids is 2. The van der Waals surface area contributed by atoms with Gasteiger partial charge in [-0.2, -0.15) is 0 Å². The Labute approximate surface area is 340 Å². The highest BCUT2D eigenvalue weighted by atomic mass is 31.2. The molecule has 0 aromatic rings. The zero-order valence-electron chi connectivity index (χ0n) is 34.2. The summed E-state index contributed by atoms with van der Waals surface area (Å²) < 4.78 is 47.4. The van der Waals surface area contributed by atoms with Gasteiger partial charge in [0.15, 0.2) is 6.10 Å². The van der Waals surface area contributed by atoms with Gasteiger partial charge in [-0.05, 0) is 50.9 Å². The van der Waals surface area contributed by atoms with Gasteiger partial charge in [-0.25, -0.2) is 9.13 Å². The first-order valence-electron chi connectivity index (χ1n) is 20.1. The number of phosphoric ester groups is 2. The van der Waals surface area contributed by atoms with E-state index in [-0.39, 0.29) is 19.3 Å². The molecular weight excluding hydrogens is 778 g/mol. The van der Waals surface area contributed by atoms with Crippen LogP contribution in [0.3, 0.4) is 0 Å². The molecule has 0 heterocycles. The summed E-state index contributed by atoms with van der Waals surface area (Å²) >= 11 is 0. The Morgan fingerprint density at radius 1 is 0.596 bits per heavy atom. The van der Waals surface area contributed by atoms with Gasteiger partial charge in [0.25, 0.3) is 0 Å². The van der Waals surface area contributed by atoms with Gasteiger partial charge in [0.05, 0.1) is 25.9 Å². The largest absolute Gasteiger partial charge is 0.472 e. The van der Waals surface area contributed by atoms with Gasteiger partial charge in [-0.1, -0.05) is 139 Å². The van der Waals surface area contributed by atoms with Crippen molar-refractivity contribution in [3.63, 3.8) is 0 Å². The lowest BCUT2D eigenvalue weighted by Gasteiger charge is -2.20. The lowest BCUT2D eigenvalue weighted by molar-refractivity contribution is -0.161. The maximum Gasteiger partial charge on any atom is 0.472 e. The Bertz CT molecular complexity index is 1320. The van der Waals surface area contributed by atoms with E-state index in [1.54, 1.807) is 12.2 Å². The SMILES string of the molecule is CC/C=C\C/C=C\C/C=C\C/C=C\C/C=C\C=C/C(O)CCC(=O)O[C@H](COC(=O)CCCCCCCCCC(C)C)COP(=O)(O)OC[C@@H](O)COP(=O)(O)O. The van der Waals surface area contributed by atoms with E-state index >= 15 is 0 Å². The van der Waals surface area contributed by atoms with Crippen molar-refractivity contribution < 1.29 is 66.7 Å². The third-order valence-electron chi connectivity index (χ3n) is 7.90. The van der Waals surface area contributed by atoms with E-state index in [4.69, 9.17) is 23.8 Å². The Hall–Kier alpha value is -2.48. The Morgan fingerprint density at radius 3 is 1.70 bits per heavy atom.